The summed E-state index contributed by atoms with van der Waals surface area (Å²) in [5.41, 5.74) is 0.267. The second-order valence-electron chi connectivity index (χ2n) is 1.96. The molecule has 0 unspecified atom stereocenters. The molecule has 1 aromatic rings. The molecule has 0 N–H and O–H groups in total. The Morgan fingerprint density at radius 2 is 1.50 bits per heavy atom. The van der Waals surface area contributed by atoms with E-state index in [1.165, 1.54) is 12.1 Å². The molecule has 0 bridgehead atoms. The van der Waals surface area contributed by atoms with Crippen molar-refractivity contribution in [3.63, 3.8) is 0 Å². The third kappa shape index (κ3) is 1.45. The molecule has 0 radical (unpaired) electrons. The highest BCUT2D eigenvalue weighted by Crippen LogP contribution is 2.36. The number of benzene rings is 1. The summed E-state index contributed by atoms with van der Waals surface area (Å²) < 4.78 is 0. The smallest absolute Gasteiger partial charge is 0.0751 e. The summed E-state index contributed by atoms with van der Waals surface area (Å²) in [7, 11) is 0. The van der Waals surface area contributed by atoms with Gasteiger partial charge in [0.1, 0.15) is 10.0 Å². The van der Waals surface area contributed by atoms with E-state index in [1.54, 1.807) is 0 Å². The first-order chi connectivity index (χ1) is 5.69. The fourth-order valence-electron chi connectivity index (χ4n) is 0.705. The van der Waals surface area contributed by atoms with E-state index in [2.05, 4.69) is 9.95 Å². The van der Waals surface area contributed by atoms with Crippen LogP contribution in [0.15, 0.2) is 12.1 Å². The van der Waals surface area contributed by atoms with Gasteiger partial charge in [-0.3, -0.25) is 0 Å². The molecule has 0 atom stereocenters. The van der Waals surface area contributed by atoms with Crippen LogP contribution in [0.5, 0.6) is 0 Å². The van der Waals surface area contributed by atoms with Crippen LogP contribution >= 0.6 is 23.2 Å². The minimum absolute atomic E-state index is 0.0609. The summed E-state index contributed by atoms with van der Waals surface area (Å²) in [6.45, 7) is 0. The molecule has 1 aromatic carbocycles. The second kappa shape index (κ2) is 3.36. The number of nitrogens with zero attached hydrogens (tertiary/aromatic N) is 4. The zero-order valence-electron chi connectivity index (χ0n) is 5.70. The SMILES string of the molecule is N#[N+]c1cc(Cl)c([N+]#N)c(Cl)c1. The van der Waals surface area contributed by atoms with Gasteiger partial charge in [-0.05, 0) is 0 Å². The quantitative estimate of drug-likeness (QED) is 0.596. The van der Waals surface area contributed by atoms with E-state index >= 15 is 0 Å². The molecule has 0 aliphatic carbocycles. The fourth-order valence-corrected chi connectivity index (χ4v) is 1.26. The van der Waals surface area contributed by atoms with Crippen LogP contribution in [0, 0.1) is 10.8 Å². The average Bonchev–Trinajstić information content (AvgIpc) is 2.03. The third-order valence-corrected chi connectivity index (χ3v) is 1.79. The van der Waals surface area contributed by atoms with Gasteiger partial charge in [-0.1, -0.05) is 23.2 Å². The fraction of sp³-hybridized carbons (Fsp3) is 0. The molecule has 58 valence electrons. The van der Waals surface area contributed by atoms with Crippen LogP contribution in [0.25, 0.3) is 9.95 Å². The van der Waals surface area contributed by atoms with Gasteiger partial charge in [0.05, 0.1) is 12.1 Å². The van der Waals surface area contributed by atoms with E-state index in [1.807, 2.05) is 0 Å². The molecule has 12 heavy (non-hydrogen) atoms. The Labute approximate surface area is 78.0 Å². The van der Waals surface area contributed by atoms with Gasteiger partial charge in [0, 0.05) is 0 Å². The maximum absolute atomic E-state index is 8.43. The Hall–Kier alpha value is -1.36. The summed E-state index contributed by atoms with van der Waals surface area (Å²) in [5.74, 6) is 0. The van der Waals surface area contributed by atoms with Crippen LogP contribution in [0.2, 0.25) is 10.0 Å². The van der Waals surface area contributed by atoms with Crippen LogP contribution in [0.4, 0.5) is 11.4 Å². The Morgan fingerprint density at radius 1 is 1.00 bits per heavy atom. The van der Waals surface area contributed by atoms with Gasteiger partial charge in [0.15, 0.2) is 9.95 Å². The van der Waals surface area contributed by atoms with E-state index in [4.69, 9.17) is 34.0 Å². The predicted octanol–water partition coefficient (Wildman–Crippen LogP) is 3.96. The van der Waals surface area contributed by atoms with Gasteiger partial charge in [-0.15, -0.1) is 0 Å². The van der Waals surface area contributed by atoms with Crippen molar-refractivity contribution in [3.8, 4) is 0 Å². The zero-order chi connectivity index (χ0) is 9.14. The summed E-state index contributed by atoms with van der Waals surface area (Å²) in [4.78, 5) is 5.73. The lowest BCUT2D eigenvalue weighted by atomic mass is 10.3. The topological polar surface area (TPSA) is 56.3 Å². The van der Waals surface area contributed by atoms with Crippen molar-refractivity contribution in [2.24, 2.45) is 0 Å². The molecule has 0 fully saturated rings. The number of hydrogen-bond acceptors (Lipinski definition) is 2. The molecule has 6 heteroatoms. The standard InChI is InChI=1S/C6H2Cl2N4/c7-4-1-3(11-9)2-5(8)6(4)12-10/h1-2H/q+2. The van der Waals surface area contributed by atoms with E-state index in [9.17, 15) is 0 Å². The molecule has 0 aliphatic rings. The minimum Gasteiger partial charge on any atom is -0.0751 e. The maximum Gasteiger partial charge on any atom is 0.422 e. The summed E-state index contributed by atoms with van der Waals surface area (Å²) in [5, 5.41) is 17.0. The van der Waals surface area contributed by atoms with Gasteiger partial charge < -0.3 is 0 Å². The second-order valence-corrected chi connectivity index (χ2v) is 2.77. The lowest BCUT2D eigenvalue weighted by Gasteiger charge is -1.82. The molecule has 0 aromatic heterocycles. The minimum atomic E-state index is 0.0609. The molecule has 0 spiro atoms. The van der Waals surface area contributed by atoms with E-state index < -0.39 is 0 Å². The van der Waals surface area contributed by atoms with Gasteiger partial charge in [0.25, 0.3) is 0 Å². The molecule has 1 rings (SSSR count). The van der Waals surface area contributed by atoms with Crippen LogP contribution < -0.4 is 0 Å². The van der Waals surface area contributed by atoms with Crippen molar-refractivity contribution in [2.75, 3.05) is 0 Å². The van der Waals surface area contributed by atoms with Crippen molar-refractivity contribution in [1.82, 2.24) is 0 Å². The van der Waals surface area contributed by atoms with Gasteiger partial charge in [0.2, 0.25) is 10.8 Å². The van der Waals surface area contributed by atoms with Crippen molar-refractivity contribution >= 4 is 34.6 Å². The Kier molecular flexibility index (Phi) is 2.44. The maximum atomic E-state index is 8.43. The molecular weight excluding hydrogens is 199 g/mol. The third-order valence-electron chi connectivity index (χ3n) is 1.22. The lowest BCUT2D eigenvalue weighted by Crippen LogP contribution is -1.68. The number of rotatable bonds is 0. The molecule has 0 saturated heterocycles. The van der Waals surface area contributed by atoms with E-state index in [-0.39, 0.29) is 21.4 Å². The van der Waals surface area contributed by atoms with Crippen molar-refractivity contribution in [3.05, 3.63) is 32.1 Å². The largest absolute Gasteiger partial charge is 0.422 e. The van der Waals surface area contributed by atoms with Crippen molar-refractivity contribution < 1.29 is 0 Å². The normalized spacial score (nSPS) is 8.67. The Bertz CT molecular complexity index is 378. The lowest BCUT2D eigenvalue weighted by molar-refractivity contribution is 1.45. The molecule has 0 heterocycles. The molecule has 0 aliphatic heterocycles. The van der Waals surface area contributed by atoms with Gasteiger partial charge in [-0.25, -0.2) is 0 Å². The van der Waals surface area contributed by atoms with Crippen LogP contribution in [-0.2, 0) is 0 Å². The predicted molar refractivity (Wildman–Crippen MR) is 46.0 cm³/mol. The molecular formula is C6H2Cl2N4+2. The average molecular weight is 201 g/mol. The summed E-state index contributed by atoms with van der Waals surface area (Å²) in [6.07, 6.45) is 0. The van der Waals surface area contributed by atoms with Crippen molar-refractivity contribution in [2.45, 2.75) is 0 Å². The highest BCUT2D eigenvalue weighted by molar-refractivity contribution is 6.39. The first-order valence-corrected chi connectivity index (χ1v) is 3.64. The Balaban J connectivity index is 3.43. The first-order valence-electron chi connectivity index (χ1n) is 2.88. The first kappa shape index (κ1) is 8.73. The van der Waals surface area contributed by atoms with Crippen molar-refractivity contribution in [1.29, 1.82) is 10.8 Å². The molecule has 0 saturated carbocycles. The van der Waals surface area contributed by atoms with Crippen LogP contribution in [0.1, 0.15) is 0 Å². The van der Waals surface area contributed by atoms with Gasteiger partial charge in [-0.2, -0.15) is 0 Å². The number of diazo groups is 2. The molecule has 0 amide bonds. The van der Waals surface area contributed by atoms with Gasteiger partial charge >= 0.3 is 11.4 Å². The van der Waals surface area contributed by atoms with Crippen LogP contribution in [0.3, 0.4) is 0 Å². The van der Waals surface area contributed by atoms with Crippen LogP contribution in [-0.4, -0.2) is 0 Å². The highest BCUT2D eigenvalue weighted by Gasteiger charge is 2.23. The summed E-state index contributed by atoms with van der Waals surface area (Å²) in [6, 6.07) is 2.64. The summed E-state index contributed by atoms with van der Waals surface area (Å²) >= 11 is 11.2. The zero-order valence-corrected chi connectivity index (χ0v) is 7.21. The number of halogens is 2. The molecule has 4 nitrogen and oxygen atoms in total. The Morgan fingerprint density at radius 3 is 1.83 bits per heavy atom. The number of hydrogen-bond donors (Lipinski definition) is 0. The monoisotopic (exact) mass is 200 g/mol. The highest BCUT2D eigenvalue weighted by atomic mass is 35.5. The van der Waals surface area contributed by atoms with E-state index in [0.29, 0.717) is 0 Å². The van der Waals surface area contributed by atoms with E-state index in [0.717, 1.165) is 0 Å².